The number of H-pyrrole nitrogens is 1. The summed E-state index contributed by atoms with van der Waals surface area (Å²) in [6.07, 6.45) is 3.01. The summed E-state index contributed by atoms with van der Waals surface area (Å²) >= 11 is 1.18. The zero-order valence-electron chi connectivity index (χ0n) is 13.0. The number of anilines is 3. The maximum absolute atomic E-state index is 12.2. The quantitative estimate of drug-likeness (QED) is 0.803. The van der Waals surface area contributed by atoms with Crippen molar-refractivity contribution in [3.05, 3.63) is 40.2 Å². The van der Waals surface area contributed by atoms with Crippen LogP contribution in [-0.2, 0) is 6.42 Å². The minimum atomic E-state index is -0.282. The molecule has 2 aromatic rings. The monoisotopic (exact) mass is 332 g/mol. The van der Waals surface area contributed by atoms with Crippen LogP contribution < -0.4 is 16.2 Å². The van der Waals surface area contributed by atoms with Gasteiger partial charge >= 0.3 is 6.03 Å². The smallest absolute Gasteiger partial charge is 0.322 e. The van der Waals surface area contributed by atoms with Gasteiger partial charge in [0.2, 0.25) is 0 Å². The Morgan fingerprint density at radius 1 is 1.26 bits per heavy atom. The number of carbonyl (C=O) groups is 1. The lowest BCUT2D eigenvalue weighted by Crippen LogP contribution is -2.33. The van der Waals surface area contributed by atoms with Gasteiger partial charge in [-0.25, -0.2) is 4.79 Å². The van der Waals surface area contributed by atoms with Crippen LogP contribution in [0.3, 0.4) is 0 Å². The highest BCUT2D eigenvalue weighted by molar-refractivity contribution is 7.11. The van der Waals surface area contributed by atoms with Gasteiger partial charge in [0.1, 0.15) is 10.7 Å². The van der Waals surface area contributed by atoms with Gasteiger partial charge in [-0.1, -0.05) is 19.1 Å². The van der Waals surface area contributed by atoms with Gasteiger partial charge in [-0.05, 0) is 48.5 Å². The number of nitrogens with one attached hydrogen (secondary N) is 3. The summed E-state index contributed by atoms with van der Waals surface area (Å²) < 4.78 is 2.67. The number of hydrogen-bond acceptors (Lipinski definition) is 4. The predicted octanol–water partition coefficient (Wildman–Crippen LogP) is 3.37. The maximum atomic E-state index is 12.2. The van der Waals surface area contributed by atoms with E-state index in [0.717, 1.165) is 38.0 Å². The van der Waals surface area contributed by atoms with Crippen LogP contribution in [0.5, 0.6) is 0 Å². The van der Waals surface area contributed by atoms with E-state index >= 15 is 0 Å². The van der Waals surface area contributed by atoms with Gasteiger partial charge in [0, 0.05) is 18.8 Å². The Morgan fingerprint density at radius 3 is 2.61 bits per heavy atom. The second-order valence-electron chi connectivity index (χ2n) is 5.54. The average Bonchev–Trinajstić information content (AvgIpc) is 3.21. The van der Waals surface area contributed by atoms with Crippen molar-refractivity contribution in [1.82, 2.24) is 9.27 Å². The summed E-state index contributed by atoms with van der Waals surface area (Å²) in [6.45, 7) is 3.59. The molecule has 1 fully saturated rings. The number of likely N-dealkylation sites (tertiary alicyclic amines) is 1. The summed E-state index contributed by atoms with van der Waals surface area (Å²) in [5, 5.41) is 6.55. The highest BCUT2D eigenvalue weighted by atomic mass is 32.1. The Bertz CT molecular complexity index is 729. The lowest BCUT2D eigenvalue weighted by molar-refractivity contribution is 0.222. The molecule has 0 atom stereocenters. The maximum Gasteiger partial charge on any atom is 0.322 e. The van der Waals surface area contributed by atoms with Crippen molar-refractivity contribution in [2.24, 2.45) is 0 Å². The summed E-state index contributed by atoms with van der Waals surface area (Å²) in [4.78, 5) is 25.9. The standard InChI is InChI=1S/C16H20N4O2S/c1-2-11-5-7-12(8-6-11)17-15-13(14(21)19-23-15)18-16(22)20-9-3-4-10-20/h5-8,17H,2-4,9-10H2,1H3,(H,18,22)(H,19,21). The van der Waals surface area contributed by atoms with Crippen molar-refractivity contribution in [2.45, 2.75) is 26.2 Å². The number of hydrogen-bond donors (Lipinski definition) is 3. The number of aromatic amines is 1. The molecule has 1 aromatic carbocycles. The van der Waals surface area contributed by atoms with Gasteiger partial charge in [-0.15, -0.1) is 0 Å². The first-order chi connectivity index (χ1) is 11.2. The van der Waals surface area contributed by atoms with Gasteiger partial charge in [-0.2, -0.15) is 0 Å². The molecule has 1 aliphatic rings. The van der Waals surface area contributed by atoms with Crippen molar-refractivity contribution in [3.8, 4) is 0 Å². The van der Waals surface area contributed by atoms with E-state index in [1.54, 1.807) is 4.90 Å². The van der Waals surface area contributed by atoms with Crippen molar-refractivity contribution in [1.29, 1.82) is 0 Å². The molecule has 1 aliphatic heterocycles. The molecule has 2 heterocycles. The van der Waals surface area contributed by atoms with Crippen LogP contribution in [0.15, 0.2) is 29.1 Å². The van der Waals surface area contributed by atoms with Crippen molar-refractivity contribution >= 4 is 33.9 Å². The van der Waals surface area contributed by atoms with E-state index in [1.165, 1.54) is 17.1 Å². The molecule has 7 heteroatoms. The Kier molecular flexibility index (Phi) is 4.66. The van der Waals surface area contributed by atoms with E-state index in [1.807, 2.05) is 24.3 Å². The lowest BCUT2D eigenvalue weighted by Gasteiger charge is -2.16. The highest BCUT2D eigenvalue weighted by Crippen LogP contribution is 2.27. The Labute approximate surface area is 138 Å². The summed E-state index contributed by atoms with van der Waals surface area (Å²) in [6, 6.07) is 7.81. The largest absolute Gasteiger partial charge is 0.344 e. The number of aryl methyl sites for hydroxylation is 1. The van der Waals surface area contributed by atoms with E-state index in [-0.39, 0.29) is 17.3 Å². The number of rotatable bonds is 4. The number of urea groups is 1. The van der Waals surface area contributed by atoms with Crippen LogP contribution in [-0.4, -0.2) is 28.4 Å². The van der Waals surface area contributed by atoms with Gasteiger partial charge in [0.25, 0.3) is 5.56 Å². The molecule has 6 nitrogen and oxygen atoms in total. The summed E-state index contributed by atoms with van der Waals surface area (Å²) in [7, 11) is 0. The van der Waals surface area contributed by atoms with Crippen LogP contribution in [0.2, 0.25) is 0 Å². The molecule has 3 rings (SSSR count). The van der Waals surface area contributed by atoms with Crippen LogP contribution in [0.4, 0.5) is 21.2 Å². The molecule has 0 radical (unpaired) electrons. The fourth-order valence-electron chi connectivity index (χ4n) is 2.57. The van der Waals surface area contributed by atoms with E-state index in [0.29, 0.717) is 5.00 Å². The third-order valence-corrected chi connectivity index (χ3v) is 4.74. The molecule has 1 aromatic heterocycles. The number of amides is 2. The van der Waals surface area contributed by atoms with Crippen molar-refractivity contribution in [3.63, 3.8) is 0 Å². The zero-order valence-corrected chi connectivity index (χ0v) is 13.8. The molecule has 3 N–H and O–H groups in total. The van der Waals surface area contributed by atoms with Crippen LogP contribution in [0, 0.1) is 0 Å². The van der Waals surface area contributed by atoms with Gasteiger partial charge in [-0.3, -0.25) is 9.17 Å². The highest BCUT2D eigenvalue weighted by Gasteiger charge is 2.21. The molecule has 0 unspecified atom stereocenters. The molecule has 2 amide bonds. The van der Waals surface area contributed by atoms with E-state index in [4.69, 9.17) is 0 Å². The first-order valence-electron chi connectivity index (χ1n) is 7.80. The fourth-order valence-corrected chi connectivity index (χ4v) is 3.28. The fraction of sp³-hybridized carbons (Fsp3) is 0.375. The molecule has 1 saturated heterocycles. The Hall–Kier alpha value is -2.28. The molecule has 122 valence electrons. The minimum absolute atomic E-state index is 0.212. The van der Waals surface area contributed by atoms with Crippen LogP contribution in [0.1, 0.15) is 25.3 Å². The average molecular weight is 332 g/mol. The predicted molar refractivity (Wildman–Crippen MR) is 93.9 cm³/mol. The molecule has 23 heavy (non-hydrogen) atoms. The Balaban J connectivity index is 1.75. The second-order valence-corrected chi connectivity index (χ2v) is 6.35. The van der Waals surface area contributed by atoms with Gasteiger partial charge in [0.15, 0.2) is 0 Å². The minimum Gasteiger partial charge on any atom is -0.344 e. The SMILES string of the molecule is CCc1ccc(Nc2s[nH]c(=O)c2NC(=O)N2CCCC2)cc1. The molecular weight excluding hydrogens is 312 g/mol. The molecule has 0 spiro atoms. The summed E-state index contributed by atoms with van der Waals surface area (Å²) in [5.41, 5.74) is 2.14. The third-order valence-electron chi connectivity index (χ3n) is 3.95. The van der Waals surface area contributed by atoms with E-state index in [2.05, 4.69) is 21.9 Å². The number of benzene rings is 1. The Morgan fingerprint density at radius 2 is 1.96 bits per heavy atom. The number of carbonyl (C=O) groups excluding carboxylic acids is 1. The number of aromatic nitrogens is 1. The first kappa shape index (κ1) is 15.6. The van der Waals surface area contributed by atoms with Gasteiger partial charge in [0.05, 0.1) is 0 Å². The first-order valence-corrected chi connectivity index (χ1v) is 8.62. The lowest BCUT2D eigenvalue weighted by atomic mass is 10.1. The van der Waals surface area contributed by atoms with Gasteiger partial charge < -0.3 is 15.5 Å². The third kappa shape index (κ3) is 3.56. The topological polar surface area (TPSA) is 77.2 Å². The molecule has 0 bridgehead atoms. The van der Waals surface area contributed by atoms with Crippen LogP contribution >= 0.6 is 11.5 Å². The molecular formula is C16H20N4O2S. The number of nitrogens with zero attached hydrogens (tertiary/aromatic N) is 1. The molecule has 0 aliphatic carbocycles. The van der Waals surface area contributed by atoms with E-state index in [9.17, 15) is 9.59 Å². The van der Waals surface area contributed by atoms with Crippen LogP contribution in [0.25, 0.3) is 0 Å². The normalized spacial score (nSPS) is 14.0. The second kappa shape index (κ2) is 6.87. The summed E-state index contributed by atoms with van der Waals surface area (Å²) in [5.74, 6) is 0. The van der Waals surface area contributed by atoms with Crippen molar-refractivity contribution < 1.29 is 4.79 Å². The molecule has 0 saturated carbocycles. The van der Waals surface area contributed by atoms with Crippen molar-refractivity contribution in [2.75, 3.05) is 23.7 Å². The zero-order chi connectivity index (χ0) is 16.2. The van der Waals surface area contributed by atoms with E-state index < -0.39 is 0 Å².